The molecule has 1 aromatic rings. The highest BCUT2D eigenvalue weighted by Gasteiger charge is 2.09. The number of aryl methyl sites for hydroxylation is 1. The third-order valence-electron chi connectivity index (χ3n) is 2.20. The summed E-state index contributed by atoms with van der Waals surface area (Å²) in [4.78, 5) is 15.6. The summed E-state index contributed by atoms with van der Waals surface area (Å²) in [5.74, 6) is 0.801. The van der Waals surface area contributed by atoms with Crippen molar-refractivity contribution in [2.45, 2.75) is 20.3 Å². The van der Waals surface area contributed by atoms with Crippen LogP contribution in [0.5, 0.6) is 0 Å². The Morgan fingerprint density at radius 3 is 3.00 bits per heavy atom. The zero-order valence-corrected chi connectivity index (χ0v) is 9.16. The normalized spacial score (nSPS) is 12.2. The van der Waals surface area contributed by atoms with E-state index in [9.17, 15) is 4.79 Å². The van der Waals surface area contributed by atoms with Gasteiger partial charge in [-0.3, -0.25) is 4.79 Å². The number of rotatable bonds is 4. The molecule has 0 aliphatic rings. The molecule has 0 saturated carbocycles. The number of amides is 1. The van der Waals surface area contributed by atoms with E-state index in [0.717, 1.165) is 5.56 Å². The van der Waals surface area contributed by atoms with Crippen molar-refractivity contribution in [1.82, 2.24) is 4.98 Å². The molecule has 0 radical (unpaired) electrons. The number of nitrogens with one attached hydrogen (secondary N) is 1. The van der Waals surface area contributed by atoms with Crippen molar-refractivity contribution in [3.05, 3.63) is 23.9 Å². The largest absolute Gasteiger partial charge is 0.330 e. The fraction of sp³-hybridized carbons (Fsp3) is 0.455. The second-order valence-corrected chi connectivity index (χ2v) is 3.76. The molecular weight excluding hydrogens is 190 g/mol. The number of pyridine rings is 1. The standard InChI is InChI=1S/C11H17N3O/c1-8(7-12)6-10(15)14-11-9(2)4-3-5-13-11/h3-5,8H,6-7,12H2,1-2H3,(H,13,14,15). The molecule has 1 heterocycles. The molecule has 82 valence electrons. The predicted molar refractivity (Wildman–Crippen MR) is 60.4 cm³/mol. The lowest BCUT2D eigenvalue weighted by atomic mass is 10.1. The van der Waals surface area contributed by atoms with Gasteiger partial charge in [-0.1, -0.05) is 13.0 Å². The summed E-state index contributed by atoms with van der Waals surface area (Å²) >= 11 is 0. The first-order valence-electron chi connectivity index (χ1n) is 5.05. The SMILES string of the molecule is Cc1cccnc1NC(=O)CC(C)CN. The molecule has 1 rings (SSSR count). The number of anilines is 1. The maximum atomic E-state index is 11.5. The topological polar surface area (TPSA) is 68.0 Å². The fourth-order valence-corrected chi connectivity index (χ4v) is 1.20. The quantitative estimate of drug-likeness (QED) is 0.782. The number of aromatic nitrogens is 1. The zero-order chi connectivity index (χ0) is 11.3. The Hall–Kier alpha value is -1.42. The van der Waals surface area contributed by atoms with Gasteiger partial charge in [0.15, 0.2) is 0 Å². The van der Waals surface area contributed by atoms with Crippen LogP contribution in [0.25, 0.3) is 0 Å². The summed E-state index contributed by atoms with van der Waals surface area (Å²) in [6, 6.07) is 3.75. The molecule has 0 fully saturated rings. The Labute approximate surface area is 89.9 Å². The molecule has 3 N–H and O–H groups in total. The van der Waals surface area contributed by atoms with Gasteiger partial charge in [-0.05, 0) is 31.0 Å². The molecule has 0 saturated heterocycles. The van der Waals surface area contributed by atoms with Crippen LogP contribution in [0.3, 0.4) is 0 Å². The predicted octanol–water partition coefficient (Wildman–Crippen LogP) is 1.31. The van der Waals surface area contributed by atoms with Crippen molar-refractivity contribution >= 4 is 11.7 Å². The van der Waals surface area contributed by atoms with E-state index in [1.807, 2.05) is 26.0 Å². The number of hydrogen-bond acceptors (Lipinski definition) is 3. The van der Waals surface area contributed by atoms with Gasteiger partial charge in [0, 0.05) is 12.6 Å². The summed E-state index contributed by atoms with van der Waals surface area (Å²) in [7, 11) is 0. The first-order chi connectivity index (χ1) is 7.13. The van der Waals surface area contributed by atoms with Crippen LogP contribution < -0.4 is 11.1 Å². The maximum Gasteiger partial charge on any atom is 0.225 e. The van der Waals surface area contributed by atoms with Crippen molar-refractivity contribution in [3.8, 4) is 0 Å². The number of carbonyl (C=O) groups is 1. The number of hydrogen-bond donors (Lipinski definition) is 2. The van der Waals surface area contributed by atoms with E-state index < -0.39 is 0 Å². The van der Waals surface area contributed by atoms with Crippen molar-refractivity contribution in [1.29, 1.82) is 0 Å². The minimum atomic E-state index is -0.0326. The highest BCUT2D eigenvalue weighted by atomic mass is 16.1. The van der Waals surface area contributed by atoms with Gasteiger partial charge in [0.2, 0.25) is 5.91 Å². The van der Waals surface area contributed by atoms with E-state index >= 15 is 0 Å². The van der Waals surface area contributed by atoms with Gasteiger partial charge in [-0.25, -0.2) is 4.98 Å². The van der Waals surface area contributed by atoms with Crippen LogP contribution in [0, 0.1) is 12.8 Å². The smallest absolute Gasteiger partial charge is 0.225 e. The first-order valence-corrected chi connectivity index (χ1v) is 5.05. The molecule has 0 aromatic carbocycles. The van der Waals surface area contributed by atoms with E-state index in [0.29, 0.717) is 18.8 Å². The van der Waals surface area contributed by atoms with Gasteiger partial charge in [-0.2, -0.15) is 0 Å². The molecule has 4 nitrogen and oxygen atoms in total. The van der Waals surface area contributed by atoms with E-state index in [1.54, 1.807) is 6.20 Å². The summed E-state index contributed by atoms with van der Waals surface area (Å²) in [5, 5.41) is 2.77. The molecule has 1 atom stereocenters. The Morgan fingerprint density at radius 2 is 2.40 bits per heavy atom. The molecule has 15 heavy (non-hydrogen) atoms. The van der Waals surface area contributed by atoms with Crippen LogP contribution in [0.4, 0.5) is 5.82 Å². The third-order valence-corrected chi connectivity index (χ3v) is 2.20. The first kappa shape index (κ1) is 11.7. The van der Waals surface area contributed by atoms with Crippen LogP contribution >= 0.6 is 0 Å². The highest BCUT2D eigenvalue weighted by Crippen LogP contribution is 2.10. The minimum absolute atomic E-state index is 0.0326. The minimum Gasteiger partial charge on any atom is -0.330 e. The molecular formula is C11H17N3O. The van der Waals surface area contributed by atoms with Crippen LogP contribution in [0.15, 0.2) is 18.3 Å². The summed E-state index contributed by atoms with van der Waals surface area (Å²) in [5.41, 5.74) is 6.41. The third kappa shape index (κ3) is 3.67. The van der Waals surface area contributed by atoms with E-state index in [4.69, 9.17) is 5.73 Å². The number of carbonyl (C=O) groups excluding carboxylic acids is 1. The molecule has 0 aliphatic heterocycles. The van der Waals surface area contributed by atoms with Gasteiger partial charge >= 0.3 is 0 Å². The second-order valence-electron chi connectivity index (χ2n) is 3.76. The summed E-state index contributed by atoms with van der Waals surface area (Å²) < 4.78 is 0. The van der Waals surface area contributed by atoms with Gasteiger partial charge in [0.25, 0.3) is 0 Å². The van der Waals surface area contributed by atoms with E-state index in [1.165, 1.54) is 0 Å². The molecule has 0 aliphatic carbocycles. The van der Waals surface area contributed by atoms with Crippen LogP contribution in [-0.2, 0) is 4.79 Å². The maximum absolute atomic E-state index is 11.5. The molecule has 1 unspecified atom stereocenters. The van der Waals surface area contributed by atoms with Crippen molar-refractivity contribution in [2.75, 3.05) is 11.9 Å². The lowest BCUT2D eigenvalue weighted by Gasteiger charge is -2.09. The van der Waals surface area contributed by atoms with Crippen molar-refractivity contribution in [2.24, 2.45) is 11.7 Å². The molecule has 1 amide bonds. The van der Waals surface area contributed by atoms with E-state index in [-0.39, 0.29) is 11.8 Å². The van der Waals surface area contributed by atoms with Gasteiger partial charge in [0.05, 0.1) is 0 Å². The second kappa shape index (κ2) is 5.46. The summed E-state index contributed by atoms with van der Waals surface area (Å²) in [6.45, 7) is 4.38. The number of nitrogens with two attached hydrogens (primary N) is 1. The fourth-order valence-electron chi connectivity index (χ4n) is 1.20. The van der Waals surface area contributed by atoms with Crippen molar-refractivity contribution < 1.29 is 4.79 Å². The average Bonchev–Trinajstić information content (AvgIpc) is 2.21. The van der Waals surface area contributed by atoms with Crippen molar-refractivity contribution in [3.63, 3.8) is 0 Å². The number of nitrogens with zero attached hydrogens (tertiary/aromatic N) is 1. The molecule has 0 spiro atoms. The van der Waals surface area contributed by atoms with Gasteiger partial charge in [-0.15, -0.1) is 0 Å². The molecule has 4 heteroatoms. The van der Waals surface area contributed by atoms with Crippen LogP contribution in [0.2, 0.25) is 0 Å². The Balaban J connectivity index is 2.55. The lowest BCUT2D eigenvalue weighted by molar-refractivity contribution is -0.116. The van der Waals surface area contributed by atoms with Crippen LogP contribution in [-0.4, -0.2) is 17.4 Å². The van der Waals surface area contributed by atoms with Crippen LogP contribution in [0.1, 0.15) is 18.9 Å². The molecule has 0 bridgehead atoms. The van der Waals surface area contributed by atoms with Gasteiger partial charge < -0.3 is 11.1 Å². The molecule has 1 aromatic heterocycles. The van der Waals surface area contributed by atoms with Gasteiger partial charge in [0.1, 0.15) is 5.82 Å². The highest BCUT2D eigenvalue weighted by molar-refractivity contribution is 5.90. The Morgan fingerprint density at radius 1 is 1.67 bits per heavy atom. The zero-order valence-electron chi connectivity index (χ0n) is 9.16. The Kier molecular flexibility index (Phi) is 4.24. The van der Waals surface area contributed by atoms with E-state index in [2.05, 4.69) is 10.3 Å². The Bertz CT molecular complexity index is 338. The summed E-state index contributed by atoms with van der Waals surface area (Å²) in [6.07, 6.45) is 2.10. The average molecular weight is 207 g/mol. The lowest BCUT2D eigenvalue weighted by Crippen LogP contribution is -2.20. The monoisotopic (exact) mass is 207 g/mol.